The molecule has 0 bridgehead atoms. The van der Waals surface area contributed by atoms with E-state index in [1.807, 2.05) is 0 Å². The Kier molecular flexibility index (Phi) is 2.71. The number of rotatable bonds is 1. The van der Waals surface area contributed by atoms with Crippen LogP contribution in [0.25, 0.3) is 0 Å². The standard InChI is InChI=1S/C7H2F3IO/c8-5-3(2-12)1-4(11)6(9)7(5)10/h1-2H. The highest BCUT2D eigenvalue weighted by Gasteiger charge is 2.16. The molecule has 0 saturated heterocycles. The van der Waals surface area contributed by atoms with Crippen molar-refractivity contribution in [3.63, 3.8) is 0 Å². The maximum Gasteiger partial charge on any atom is 0.196 e. The summed E-state index contributed by atoms with van der Waals surface area (Å²) in [5.41, 5.74) is -0.474. The molecule has 0 aromatic heterocycles. The van der Waals surface area contributed by atoms with E-state index in [2.05, 4.69) is 0 Å². The average molecular weight is 286 g/mol. The Bertz CT molecular complexity index is 338. The van der Waals surface area contributed by atoms with Gasteiger partial charge in [0.25, 0.3) is 0 Å². The normalized spacial score (nSPS) is 10.0. The van der Waals surface area contributed by atoms with Gasteiger partial charge >= 0.3 is 0 Å². The minimum absolute atomic E-state index is 0.117. The Morgan fingerprint density at radius 1 is 1.17 bits per heavy atom. The largest absolute Gasteiger partial charge is 0.298 e. The number of carbonyl (C=O) groups is 1. The van der Waals surface area contributed by atoms with Gasteiger partial charge in [0.2, 0.25) is 0 Å². The fraction of sp³-hybridized carbons (Fsp3) is 0. The van der Waals surface area contributed by atoms with Gasteiger partial charge in [-0.05, 0) is 28.7 Å². The summed E-state index contributed by atoms with van der Waals surface area (Å²) in [6, 6.07) is 0.946. The predicted molar refractivity (Wildman–Crippen MR) is 44.4 cm³/mol. The van der Waals surface area contributed by atoms with Crippen molar-refractivity contribution in [3.05, 3.63) is 32.7 Å². The van der Waals surface area contributed by atoms with Crippen LogP contribution < -0.4 is 0 Å². The molecule has 0 spiro atoms. The van der Waals surface area contributed by atoms with Crippen molar-refractivity contribution in [1.29, 1.82) is 0 Å². The molecule has 0 unspecified atom stereocenters. The van der Waals surface area contributed by atoms with Gasteiger partial charge in [-0.2, -0.15) is 0 Å². The molecule has 1 aromatic rings. The smallest absolute Gasteiger partial charge is 0.196 e. The van der Waals surface area contributed by atoms with E-state index in [-0.39, 0.29) is 9.86 Å². The van der Waals surface area contributed by atoms with Crippen LogP contribution in [0, 0.1) is 21.0 Å². The molecule has 0 aliphatic heterocycles. The maximum atomic E-state index is 12.6. The summed E-state index contributed by atoms with van der Waals surface area (Å²) in [7, 11) is 0. The summed E-state index contributed by atoms with van der Waals surface area (Å²) in [6.45, 7) is 0. The van der Waals surface area contributed by atoms with Crippen LogP contribution in [-0.2, 0) is 0 Å². The first-order valence-electron chi connectivity index (χ1n) is 2.86. The minimum Gasteiger partial charge on any atom is -0.298 e. The van der Waals surface area contributed by atoms with Crippen LogP contribution in [-0.4, -0.2) is 6.29 Å². The second kappa shape index (κ2) is 3.42. The van der Waals surface area contributed by atoms with Crippen molar-refractivity contribution in [3.8, 4) is 0 Å². The Labute approximate surface area is 79.7 Å². The summed E-state index contributed by atoms with van der Waals surface area (Å²) in [4.78, 5) is 10.1. The lowest BCUT2D eigenvalue weighted by molar-refractivity contribution is 0.111. The van der Waals surface area contributed by atoms with E-state index < -0.39 is 23.0 Å². The predicted octanol–water partition coefficient (Wildman–Crippen LogP) is 2.52. The SMILES string of the molecule is O=Cc1cc(I)c(F)c(F)c1F. The fourth-order valence-corrected chi connectivity index (χ4v) is 1.25. The molecular weight excluding hydrogens is 284 g/mol. The van der Waals surface area contributed by atoms with Gasteiger partial charge in [-0.15, -0.1) is 0 Å². The molecule has 0 saturated carbocycles. The average Bonchev–Trinajstić information content (AvgIpc) is 2.08. The lowest BCUT2D eigenvalue weighted by Crippen LogP contribution is -1.99. The molecule has 0 aliphatic carbocycles. The van der Waals surface area contributed by atoms with E-state index >= 15 is 0 Å². The third-order valence-electron chi connectivity index (χ3n) is 1.26. The molecule has 0 radical (unpaired) electrons. The summed E-state index contributed by atoms with van der Waals surface area (Å²) in [5.74, 6) is -4.31. The molecule has 5 heteroatoms. The molecule has 0 atom stereocenters. The van der Waals surface area contributed by atoms with E-state index in [4.69, 9.17) is 0 Å². The lowest BCUT2D eigenvalue weighted by atomic mass is 10.2. The molecule has 1 rings (SSSR count). The number of hydrogen-bond acceptors (Lipinski definition) is 1. The van der Waals surface area contributed by atoms with E-state index in [0.29, 0.717) is 0 Å². The Morgan fingerprint density at radius 2 is 1.75 bits per heavy atom. The molecule has 64 valence electrons. The van der Waals surface area contributed by atoms with Crippen LogP contribution >= 0.6 is 22.6 Å². The van der Waals surface area contributed by atoms with Crippen molar-refractivity contribution in [2.75, 3.05) is 0 Å². The van der Waals surface area contributed by atoms with E-state index in [1.165, 1.54) is 22.6 Å². The maximum absolute atomic E-state index is 12.6. The van der Waals surface area contributed by atoms with Crippen LogP contribution in [0.4, 0.5) is 13.2 Å². The summed E-state index contributed by atoms with van der Waals surface area (Å²) in [5, 5.41) is 0. The monoisotopic (exact) mass is 286 g/mol. The van der Waals surface area contributed by atoms with Gasteiger partial charge in [-0.3, -0.25) is 4.79 Å². The molecule has 0 N–H and O–H groups in total. The van der Waals surface area contributed by atoms with E-state index in [1.54, 1.807) is 0 Å². The van der Waals surface area contributed by atoms with Crippen LogP contribution in [0.3, 0.4) is 0 Å². The number of halogens is 4. The number of hydrogen-bond donors (Lipinski definition) is 0. The number of aldehydes is 1. The third kappa shape index (κ3) is 1.45. The fourth-order valence-electron chi connectivity index (χ4n) is 0.677. The number of benzene rings is 1. The van der Waals surface area contributed by atoms with Crippen molar-refractivity contribution in [2.45, 2.75) is 0 Å². The van der Waals surface area contributed by atoms with Crippen molar-refractivity contribution >= 4 is 28.9 Å². The Balaban J connectivity index is 3.49. The van der Waals surface area contributed by atoms with Crippen LogP contribution in [0.5, 0.6) is 0 Å². The zero-order chi connectivity index (χ0) is 9.30. The highest BCUT2D eigenvalue weighted by molar-refractivity contribution is 14.1. The second-order valence-corrected chi connectivity index (χ2v) is 3.17. The topological polar surface area (TPSA) is 17.1 Å². The van der Waals surface area contributed by atoms with Gasteiger partial charge in [-0.1, -0.05) is 0 Å². The zero-order valence-electron chi connectivity index (χ0n) is 5.57. The van der Waals surface area contributed by atoms with Gasteiger partial charge < -0.3 is 0 Å². The summed E-state index contributed by atoms with van der Waals surface area (Å²) >= 11 is 1.48. The first kappa shape index (κ1) is 9.50. The third-order valence-corrected chi connectivity index (χ3v) is 2.04. The molecule has 12 heavy (non-hydrogen) atoms. The van der Waals surface area contributed by atoms with Crippen LogP contribution in [0.15, 0.2) is 6.07 Å². The number of carbonyl (C=O) groups excluding carboxylic acids is 1. The molecule has 0 heterocycles. The Morgan fingerprint density at radius 3 is 2.25 bits per heavy atom. The van der Waals surface area contributed by atoms with Gasteiger partial charge in [0.05, 0.1) is 9.13 Å². The first-order chi connectivity index (χ1) is 5.57. The van der Waals surface area contributed by atoms with Gasteiger partial charge in [0.1, 0.15) is 0 Å². The first-order valence-corrected chi connectivity index (χ1v) is 3.94. The van der Waals surface area contributed by atoms with Gasteiger partial charge in [0, 0.05) is 0 Å². The molecule has 0 amide bonds. The lowest BCUT2D eigenvalue weighted by Gasteiger charge is -1.99. The quantitative estimate of drug-likeness (QED) is 0.335. The Hall–Kier alpha value is -0.590. The van der Waals surface area contributed by atoms with Crippen molar-refractivity contribution < 1.29 is 18.0 Å². The molecule has 0 fully saturated rings. The van der Waals surface area contributed by atoms with Gasteiger partial charge in [-0.25, -0.2) is 13.2 Å². The van der Waals surface area contributed by atoms with Crippen molar-refractivity contribution in [2.24, 2.45) is 0 Å². The minimum atomic E-state index is -1.61. The molecule has 0 aliphatic rings. The van der Waals surface area contributed by atoms with Crippen molar-refractivity contribution in [1.82, 2.24) is 0 Å². The summed E-state index contributed by atoms with van der Waals surface area (Å²) < 4.78 is 37.6. The highest BCUT2D eigenvalue weighted by Crippen LogP contribution is 2.19. The van der Waals surface area contributed by atoms with Gasteiger partial charge in [0.15, 0.2) is 23.7 Å². The molecular formula is C7H2F3IO. The molecule has 1 aromatic carbocycles. The highest BCUT2D eigenvalue weighted by atomic mass is 127. The summed E-state index contributed by atoms with van der Waals surface area (Å²) in [6.07, 6.45) is 0.139. The van der Waals surface area contributed by atoms with Crippen LogP contribution in [0.2, 0.25) is 0 Å². The van der Waals surface area contributed by atoms with E-state index in [9.17, 15) is 18.0 Å². The van der Waals surface area contributed by atoms with Crippen LogP contribution in [0.1, 0.15) is 10.4 Å². The van der Waals surface area contributed by atoms with E-state index in [0.717, 1.165) is 6.07 Å². The zero-order valence-corrected chi connectivity index (χ0v) is 7.73. The second-order valence-electron chi connectivity index (χ2n) is 2.01. The molecule has 1 nitrogen and oxygen atoms in total.